The van der Waals surface area contributed by atoms with E-state index in [1.807, 2.05) is 12.1 Å². The molecule has 0 fully saturated rings. The molecule has 0 aromatic heterocycles. The molecular formula is C18H20N2O5S. The van der Waals surface area contributed by atoms with Gasteiger partial charge >= 0.3 is 0 Å². The molecule has 1 aliphatic rings. The molecule has 1 aliphatic heterocycles. The number of hydrogen-bond acceptors (Lipinski definition) is 5. The van der Waals surface area contributed by atoms with Crippen LogP contribution in [0.15, 0.2) is 48.5 Å². The van der Waals surface area contributed by atoms with Gasteiger partial charge in [0.1, 0.15) is 5.75 Å². The monoisotopic (exact) mass is 376 g/mol. The van der Waals surface area contributed by atoms with Gasteiger partial charge in [0.05, 0.1) is 25.1 Å². The maximum Gasteiger partial charge on any atom is 0.267 e. The Balaban J connectivity index is 1.81. The lowest BCUT2D eigenvalue weighted by atomic mass is 10.2. The molecule has 3 rings (SSSR count). The maximum atomic E-state index is 12.6. The van der Waals surface area contributed by atoms with E-state index in [0.717, 1.165) is 11.8 Å². The summed E-state index contributed by atoms with van der Waals surface area (Å²) in [5.41, 5.74) is 1.94. The summed E-state index contributed by atoms with van der Waals surface area (Å²) in [6, 6.07) is 14.0. The molecule has 0 aliphatic carbocycles. The molecule has 0 unspecified atom stereocenters. The molecule has 0 bridgehead atoms. The van der Waals surface area contributed by atoms with Crippen molar-refractivity contribution < 1.29 is 22.7 Å². The summed E-state index contributed by atoms with van der Waals surface area (Å²) in [4.78, 5) is 12.6. The first-order chi connectivity index (χ1) is 12.4. The largest absolute Gasteiger partial charge is 0.476 e. The Morgan fingerprint density at radius 1 is 1.27 bits per heavy atom. The number of carbonyl (C=O) groups excluding carboxylic acids is 1. The number of sulfonamides is 1. The average molecular weight is 376 g/mol. The van der Waals surface area contributed by atoms with Gasteiger partial charge in [0.2, 0.25) is 10.0 Å². The van der Waals surface area contributed by atoms with Crippen LogP contribution in [0, 0.1) is 0 Å². The number of nitrogens with one attached hydrogen (secondary N) is 1. The molecule has 8 heteroatoms. The lowest BCUT2D eigenvalue weighted by molar-refractivity contribution is -0.122. The Bertz CT molecular complexity index is 913. The SMILES string of the molecule is COCc1cccc(NC(=O)[C@H]2CN(S(C)(=O)=O)c3ccccc3O2)c1. The van der Waals surface area contributed by atoms with Crippen molar-refractivity contribution in [1.82, 2.24) is 0 Å². The highest BCUT2D eigenvalue weighted by atomic mass is 32.2. The molecule has 1 heterocycles. The lowest BCUT2D eigenvalue weighted by Gasteiger charge is -2.33. The number of ether oxygens (including phenoxy) is 2. The minimum Gasteiger partial charge on any atom is -0.476 e. The third-order valence-electron chi connectivity index (χ3n) is 3.93. The molecular weight excluding hydrogens is 356 g/mol. The van der Waals surface area contributed by atoms with Crippen LogP contribution in [0.5, 0.6) is 5.75 Å². The molecule has 1 N–H and O–H groups in total. The fraction of sp³-hybridized carbons (Fsp3) is 0.278. The highest BCUT2D eigenvalue weighted by molar-refractivity contribution is 7.92. The second-order valence-corrected chi connectivity index (χ2v) is 7.90. The molecule has 138 valence electrons. The predicted octanol–water partition coefficient (Wildman–Crippen LogP) is 2.00. The summed E-state index contributed by atoms with van der Waals surface area (Å²) in [7, 11) is -1.94. The van der Waals surface area contributed by atoms with E-state index >= 15 is 0 Å². The van der Waals surface area contributed by atoms with E-state index in [9.17, 15) is 13.2 Å². The number of nitrogens with zero attached hydrogens (tertiary/aromatic N) is 1. The van der Waals surface area contributed by atoms with Crippen molar-refractivity contribution in [1.29, 1.82) is 0 Å². The Kier molecular flexibility index (Phi) is 5.15. The highest BCUT2D eigenvalue weighted by Gasteiger charge is 2.34. The number of para-hydroxylation sites is 2. The number of rotatable bonds is 5. The average Bonchev–Trinajstić information content (AvgIpc) is 2.60. The third kappa shape index (κ3) is 3.97. The topological polar surface area (TPSA) is 84.9 Å². The Labute approximate surface area is 152 Å². The number of amides is 1. The first-order valence-corrected chi connectivity index (χ1v) is 9.85. The molecule has 7 nitrogen and oxygen atoms in total. The molecule has 1 atom stereocenters. The maximum absolute atomic E-state index is 12.6. The van der Waals surface area contributed by atoms with Crippen LogP contribution in [-0.4, -0.2) is 40.3 Å². The molecule has 0 radical (unpaired) electrons. The van der Waals surface area contributed by atoms with Crippen molar-refractivity contribution in [2.45, 2.75) is 12.7 Å². The zero-order chi connectivity index (χ0) is 18.7. The van der Waals surface area contributed by atoms with E-state index < -0.39 is 22.0 Å². The summed E-state index contributed by atoms with van der Waals surface area (Å²) < 4.78 is 36.2. The first kappa shape index (κ1) is 18.2. The number of carbonyl (C=O) groups is 1. The van der Waals surface area contributed by atoms with Crippen molar-refractivity contribution >= 4 is 27.3 Å². The molecule has 0 saturated carbocycles. The van der Waals surface area contributed by atoms with E-state index in [1.165, 1.54) is 4.31 Å². The smallest absolute Gasteiger partial charge is 0.267 e. The summed E-state index contributed by atoms with van der Waals surface area (Å²) in [5.74, 6) is -0.0554. The van der Waals surface area contributed by atoms with Crippen molar-refractivity contribution in [2.75, 3.05) is 29.5 Å². The first-order valence-electron chi connectivity index (χ1n) is 8.00. The van der Waals surface area contributed by atoms with Crippen LogP contribution in [0.3, 0.4) is 0 Å². The second kappa shape index (κ2) is 7.35. The molecule has 0 saturated heterocycles. The van der Waals surface area contributed by atoms with Crippen LogP contribution >= 0.6 is 0 Å². The van der Waals surface area contributed by atoms with E-state index in [0.29, 0.717) is 23.7 Å². The minimum absolute atomic E-state index is 0.0839. The van der Waals surface area contributed by atoms with Gasteiger partial charge in [-0.05, 0) is 29.8 Å². The van der Waals surface area contributed by atoms with Gasteiger partial charge < -0.3 is 14.8 Å². The summed E-state index contributed by atoms with van der Waals surface area (Å²) in [6.07, 6.45) is 0.156. The Morgan fingerprint density at radius 2 is 2.04 bits per heavy atom. The number of anilines is 2. The van der Waals surface area contributed by atoms with Crippen LogP contribution in [0.1, 0.15) is 5.56 Å². The van der Waals surface area contributed by atoms with Gasteiger partial charge in [-0.15, -0.1) is 0 Å². The summed E-state index contributed by atoms with van der Waals surface area (Å²) in [5, 5.41) is 2.77. The fourth-order valence-corrected chi connectivity index (χ4v) is 3.70. The number of methoxy groups -OCH3 is 1. The van der Waals surface area contributed by atoms with Crippen molar-refractivity contribution in [3.05, 3.63) is 54.1 Å². The summed E-state index contributed by atoms with van der Waals surface area (Å²) in [6.45, 7) is 0.346. The van der Waals surface area contributed by atoms with Crippen LogP contribution in [-0.2, 0) is 26.2 Å². The van der Waals surface area contributed by atoms with E-state index in [1.54, 1.807) is 43.5 Å². The zero-order valence-corrected chi connectivity index (χ0v) is 15.3. The third-order valence-corrected chi connectivity index (χ3v) is 5.08. The van der Waals surface area contributed by atoms with Gasteiger partial charge in [-0.2, -0.15) is 0 Å². The standard InChI is InChI=1S/C18H20N2O5S/c1-24-12-13-6-5-7-14(10-13)19-18(21)17-11-20(26(2,22)23)15-8-3-4-9-16(15)25-17/h3-10,17H,11-12H2,1-2H3,(H,19,21)/t17-/m1/s1. The highest BCUT2D eigenvalue weighted by Crippen LogP contribution is 2.34. The number of benzene rings is 2. The van der Waals surface area contributed by atoms with Crippen LogP contribution < -0.4 is 14.4 Å². The molecule has 2 aromatic carbocycles. The normalized spacial score (nSPS) is 16.5. The second-order valence-electron chi connectivity index (χ2n) is 5.99. The van der Waals surface area contributed by atoms with Crippen molar-refractivity contribution in [3.63, 3.8) is 0 Å². The molecule has 26 heavy (non-hydrogen) atoms. The quantitative estimate of drug-likeness (QED) is 0.863. The van der Waals surface area contributed by atoms with Crippen LogP contribution in [0.2, 0.25) is 0 Å². The molecule has 0 spiro atoms. The molecule has 2 aromatic rings. The number of hydrogen-bond donors (Lipinski definition) is 1. The van der Waals surface area contributed by atoms with Gasteiger partial charge in [0.25, 0.3) is 5.91 Å². The fourth-order valence-electron chi connectivity index (χ4n) is 2.78. The Hall–Kier alpha value is -2.58. The minimum atomic E-state index is -3.54. The van der Waals surface area contributed by atoms with Crippen molar-refractivity contribution in [2.24, 2.45) is 0 Å². The van der Waals surface area contributed by atoms with E-state index in [-0.39, 0.29) is 6.54 Å². The lowest BCUT2D eigenvalue weighted by Crippen LogP contribution is -2.48. The van der Waals surface area contributed by atoms with Gasteiger partial charge in [-0.3, -0.25) is 9.10 Å². The zero-order valence-electron chi connectivity index (χ0n) is 14.5. The molecule has 1 amide bonds. The summed E-state index contributed by atoms with van der Waals surface area (Å²) >= 11 is 0. The van der Waals surface area contributed by atoms with Crippen molar-refractivity contribution in [3.8, 4) is 5.75 Å². The van der Waals surface area contributed by atoms with Crippen LogP contribution in [0.4, 0.5) is 11.4 Å². The van der Waals surface area contributed by atoms with Gasteiger partial charge in [0, 0.05) is 12.8 Å². The van der Waals surface area contributed by atoms with E-state index in [4.69, 9.17) is 9.47 Å². The van der Waals surface area contributed by atoms with E-state index in [2.05, 4.69) is 5.32 Å². The Morgan fingerprint density at radius 3 is 2.77 bits per heavy atom. The van der Waals surface area contributed by atoms with Gasteiger partial charge in [0.15, 0.2) is 6.10 Å². The van der Waals surface area contributed by atoms with Gasteiger partial charge in [-0.25, -0.2) is 8.42 Å². The van der Waals surface area contributed by atoms with Crippen LogP contribution in [0.25, 0.3) is 0 Å². The number of fused-ring (bicyclic) bond motifs is 1. The predicted molar refractivity (Wildman–Crippen MR) is 98.8 cm³/mol. The van der Waals surface area contributed by atoms with Gasteiger partial charge in [-0.1, -0.05) is 24.3 Å².